The molecule has 0 aliphatic rings. The molecule has 2 heterocycles. The molecule has 0 aliphatic carbocycles. The van der Waals surface area contributed by atoms with Gasteiger partial charge in [0.2, 0.25) is 0 Å². The highest BCUT2D eigenvalue weighted by molar-refractivity contribution is 6.12. The summed E-state index contributed by atoms with van der Waals surface area (Å²) in [4.78, 5) is 0. The average Bonchev–Trinajstić information content (AvgIpc) is 3.55. The summed E-state index contributed by atoms with van der Waals surface area (Å²) in [6, 6.07) is 42.8. The molecular weight excluding hydrogens is 488 g/mol. The molecule has 0 spiro atoms. The molecule has 2 heteroatoms. The maximum Gasteiger partial charge on any atom is 0.143 e. The second kappa shape index (κ2) is 8.72. The van der Waals surface area contributed by atoms with Crippen LogP contribution in [0.2, 0.25) is 0 Å². The van der Waals surface area contributed by atoms with E-state index in [1.54, 1.807) is 0 Å². The minimum atomic E-state index is 0.900. The van der Waals surface area contributed by atoms with Crippen molar-refractivity contribution in [3.8, 4) is 33.4 Å². The van der Waals surface area contributed by atoms with Crippen molar-refractivity contribution in [3.63, 3.8) is 0 Å². The molecule has 6 aromatic carbocycles. The van der Waals surface area contributed by atoms with E-state index >= 15 is 0 Å². The lowest BCUT2D eigenvalue weighted by atomic mass is 9.97. The van der Waals surface area contributed by atoms with Gasteiger partial charge in [-0.3, -0.25) is 0 Å². The zero-order valence-corrected chi connectivity index (χ0v) is 22.4. The fraction of sp³-hybridized carbons (Fsp3) is 0.0526. The fourth-order valence-corrected chi connectivity index (χ4v) is 6.13. The van der Waals surface area contributed by atoms with Gasteiger partial charge in [-0.05, 0) is 71.5 Å². The van der Waals surface area contributed by atoms with Crippen LogP contribution in [0.4, 0.5) is 0 Å². The predicted octanol–water partition coefficient (Wildman–Crippen LogP) is 11.1. The second-order valence-corrected chi connectivity index (χ2v) is 10.6. The predicted molar refractivity (Wildman–Crippen MR) is 167 cm³/mol. The highest BCUT2D eigenvalue weighted by atomic mass is 16.3. The Morgan fingerprint density at radius 1 is 0.375 bits per heavy atom. The Bertz CT molecular complexity index is 2080. The number of rotatable bonds is 3. The lowest BCUT2D eigenvalue weighted by Crippen LogP contribution is -1.83. The maximum atomic E-state index is 6.45. The van der Waals surface area contributed by atoms with Crippen molar-refractivity contribution in [1.82, 2.24) is 0 Å². The van der Waals surface area contributed by atoms with E-state index in [-0.39, 0.29) is 0 Å². The van der Waals surface area contributed by atoms with Crippen LogP contribution >= 0.6 is 0 Å². The Morgan fingerprint density at radius 3 is 1.25 bits per heavy atom. The summed E-state index contributed by atoms with van der Waals surface area (Å²) in [7, 11) is 0. The van der Waals surface area contributed by atoms with Crippen LogP contribution in [0.5, 0.6) is 0 Å². The molecule has 0 amide bonds. The molecule has 0 bridgehead atoms. The molecule has 0 radical (unpaired) electrons. The number of aryl methyl sites for hydroxylation is 2. The average molecular weight is 515 g/mol. The zero-order chi connectivity index (χ0) is 26.8. The van der Waals surface area contributed by atoms with Crippen LogP contribution < -0.4 is 0 Å². The maximum absolute atomic E-state index is 6.45. The standard InChI is InChI=1S/C38H26O2/c1-23-9-3-5-11-27(23)29-13-7-15-31-33-21-25(17-19-35(33)39-37(29)31)26-18-20-36-34(22-26)32-16-8-14-30(38(32)40-36)28-12-6-4-10-24(28)2/h3-22H,1-2H3. The summed E-state index contributed by atoms with van der Waals surface area (Å²) in [6.07, 6.45) is 0. The third-order valence-electron chi connectivity index (χ3n) is 8.20. The first kappa shape index (κ1) is 22.9. The van der Waals surface area contributed by atoms with E-state index in [1.165, 1.54) is 22.3 Å². The van der Waals surface area contributed by atoms with Crippen molar-refractivity contribution in [2.24, 2.45) is 0 Å². The largest absolute Gasteiger partial charge is 0.455 e. The van der Waals surface area contributed by atoms with Crippen LogP contribution in [0.1, 0.15) is 11.1 Å². The van der Waals surface area contributed by atoms with E-state index in [0.29, 0.717) is 0 Å². The van der Waals surface area contributed by atoms with Gasteiger partial charge in [0.15, 0.2) is 0 Å². The van der Waals surface area contributed by atoms with E-state index in [1.807, 2.05) is 0 Å². The molecule has 40 heavy (non-hydrogen) atoms. The highest BCUT2D eigenvalue weighted by Gasteiger charge is 2.16. The topological polar surface area (TPSA) is 26.3 Å². The Kier molecular flexibility index (Phi) is 4.99. The molecule has 0 aliphatic heterocycles. The van der Waals surface area contributed by atoms with Crippen LogP contribution in [0.3, 0.4) is 0 Å². The zero-order valence-electron chi connectivity index (χ0n) is 22.4. The normalized spacial score (nSPS) is 11.8. The first-order chi connectivity index (χ1) is 19.7. The number of fused-ring (bicyclic) bond motifs is 6. The summed E-state index contributed by atoms with van der Waals surface area (Å²) in [6.45, 7) is 4.29. The number of hydrogen-bond acceptors (Lipinski definition) is 2. The lowest BCUT2D eigenvalue weighted by Gasteiger charge is -2.06. The third-order valence-corrected chi connectivity index (χ3v) is 8.20. The van der Waals surface area contributed by atoms with Gasteiger partial charge in [-0.2, -0.15) is 0 Å². The third kappa shape index (κ3) is 3.43. The molecule has 0 saturated heterocycles. The number of furan rings is 2. The van der Waals surface area contributed by atoms with Gasteiger partial charge >= 0.3 is 0 Å². The Hall–Kier alpha value is -5.08. The van der Waals surface area contributed by atoms with Crippen molar-refractivity contribution in [1.29, 1.82) is 0 Å². The monoisotopic (exact) mass is 514 g/mol. The SMILES string of the molecule is Cc1ccccc1-c1cccc2c1oc1ccc(-c3ccc4oc5c(-c6ccccc6C)cccc5c4c3)cc12. The van der Waals surface area contributed by atoms with Crippen molar-refractivity contribution in [3.05, 3.63) is 132 Å². The van der Waals surface area contributed by atoms with Crippen LogP contribution in [0.25, 0.3) is 77.3 Å². The first-order valence-electron chi connectivity index (χ1n) is 13.7. The number of hydrogen-bond donors (Lipinski definition) is 0. The molecule has 0 atom stereocenters. The van der Waals surface area contributed by atoms with Gasteiger partial charge in [0, 0.05) is 32.7 Å². The molecule has 190 valence electrons. The van der Waals surface area contributed by atoms with Gasteiger partial charge in [-0.15, -0.1) is 0 Å². The Morgan fingerprint density at radius 2 is 0.800 bits per heavy atom. The van der Waals surface area contributed by atoms with Crippen molar-refractivity contribution in [2.75, 3.05) is 0 Å². The van der Waals surface area contributed by atoms with Crippen molar-refractivity contribution < 1.29 is 8.83 Å². The van der Waals surface area contributed by atoms with E-state index in [9.17, 15) is 0 Å². The van der Waals surface area contributed by atoms with Crippen LogP contribution in [-0.2, 0) is 0 Å². The van der Waals surface area contributed by atoms with Crippen molar-refractivity contribution >= 4 is 43.9 Å². The highest BCUT2D eigenvalue weighted by Crippen LogP contribution is 2.41. The first-order valence-corrected chi connectivity index (χ1v) is 13.7. The molecule has 0 saturated carbocycles. The molecular formula is C38H26O2. The quantitative estimate of drug-likeness (QED) is 0.234. The number of benzene rings is 6. The summed E-state index contributed by atoms with van der Waals surface area (Å²) in [5, 5.41) is 4.52. The minimum absolute atomic E-state index is 0.900. The lowest BCUT2D eigenvalue weighted by molar-refractivity contribution is 0.669. The Balaban J connectivity index is 1.29. The van der Waals surface area contributed by atoms with Gasteiger partial charge in [0.1, 0.15) is 22.3 Å². The molecule has 8 rings (SSSR count). The van der Waals surface area contributed by atoms with Gasteiger partial charge in [-0.25, -0.2) is 0 Å². The summed E-state index contributed by atoms with van der Waals surface area (Å²) in [5.41, 5.74) is 13.1. The van der Waals surface area contributed by atoms with Crippen LogP contribution in [-0.4, -0.2) is 0 Å². The summed E-state index contributed by atoms with van der Waals surface area (Å²) < 4.78 is 12.9. The second-order valence-electron chi connectivity index (χ2n) is 10.6. The summed E-state index contributed by atoms with van der Waals surface area (Å²) >= 11 is 0. The fourth-order valence-electron chi connectivity index (χ4n) is 6.13. The molecule has 0 fully saturated rings. The molecule has 0 unspecified atom stereocenters. The molecule has 2 nitrogen and oxygen atoms in total. The van der Waals surface area contributed by atoms with Crippen LogP contribution in [0.15, 0.2) is 130 Å². The molecule has 0 N–H and O–H groups in total. The molecule has 8 aromatic rings. The van der Waals surface area contributed by atoms with E-state index in [4.69, 9.17) is 8.83 Å². The summed E-state index contributed by atoms with van der Waals surface area (Å²) in [5.74, 6) is 0. The van der Waals surface area contributed by atoms with Gasteiger partial charge in [0.25, 0.3) is 0 Å². The smallest absolute Gasteiger partial charge is 0.143 e. The van der Waals surface area contributed by atoms with Crippen molar-refractivity contribution in [2.45, 2.75) is 13.8 Å². The van der Waals surface area contributed by atoms with E-state index < -0.39 is 0 Å². The minimum Gasteiger partial charge on any atom is -0.455 e. The molecule has 2 aromatic heterocycles. The van der Waals surface area contributed by atoms with Crippen LogP contribution in [0, 0.1) is 13.8 Å². The number of para-hydroxylation sites is 2. The Labute approximate surface area is 232 Å². The van der Waals surface area contributed by atoms with Gasteiger partial charge in [-0.1, -0.05) is 97.1 Å². The van der Waals surface area contributed by atoms with E-state index in [2.05, 4.69) is 135 Å². The van der Waals surface area contributed by atoms with Gasteiger partial charge < -0.3 is 8.83 Å². The van der Waals surface area contributed by atoms with E-state index in [0.717, 1.165) is 66.1 Å². The van der Waals surface area contributed by atoms with Gasteiger partial charge in [0.05, 0.1) is 0 Å².